The molecular weight excluding hydrogens is 506 g/mol. The van der Waals surface area contributed by atoms with Crippen molar-refractivity contribution in [1.29, 1.82) is 0 Å². The maximum Gasteiger partial charge on any atom is 0.310 e. The van der Waals surface area contributed by atoms with Gasteiger partial charge in [-0.15, -0.1) is 0 Å². The van der Waals surface area contributed by atoms with Crippen LogP contribution in [0.2, 0.25) is 25.7 Å². The maximum absolute atomic E-state index is 13.0. The second kappa shape index (κ2) is 11.1. The van der Waals surface area contributed by atoms with E-state index in [1.165, 1.54) is 20.3 Å². The number of benzene rings is 3. The van der Waals surface area contributed by atoms with Crippen molar-refractivity contribution >= 4 is 36.7 Å². The zero-order valence-corrected chi connectivity index (χ0v) is 23.0. The lowest BCUT2D eigenvalue weighted by molar-refractivity contribution is -0.385. The smallest absolute Gasteiger partial charge is 0.310 e. The molecule has 1 aliphatic rings. The SMILES string of the molecule is COc1cc2c(cc1OCOCC[Si](C)(C)C)Nc1cc(-c3ccc([N+](=O)[O-])c(OC)c3)ccc1C(=O)N2. The normalized spacial score (nSPS) is 12.4. The molecule has 10 nitrogen and oxygen atoms in total. The van der Waals surface area contributed by atoms with Gasteiger partial charge in [-0.25, -0.2) is 0 Å². The number of hydrogen-bond acceptors (Lipinski definition) is 8. The van der Waals surface area contributed by atoms with Crippen LogP contribution in [0.4, 0.5) is 22.7 Å². The Labute approximate surface area is 222 Å². The Kier molecular flexibility index (Phi) is 7.88. The predicted octanol–water partition coefficient (Wildman–Crippen LogP) is 6.28. The zero-order valence-electron chi connectivity index (χ0n) is 22.0. The minimum atomic E-state index is -1.20. The summed E-state index contributed by atoms with van der Waals surface area (Å²) in [5, 5.41) is 17.5. The first-order valence-electron chi connectivity index (χ1n) is 12.1. The number of carbonyl (C=O) groups is 1. The largest absolute Gasteiger partial charge is 0.493 e. The molecule has 3 aromatic rings. The first-order chi connectivity index (χ1) is 18.1. The third kappa shape index (κ3) is 6.06. The number of rotatable bonds is 10. The van der Waals surface area contributed by atoms with E-state index in [4.69, 9.17) is 18.9 Å². The van der Waals surface area contributed by atoms with Crippen molar-refractivity contribution in [3.8, 4) is 28.4 Å². The molecule has 0 saturated heterocycles. The van der Waals surface area contributed by atoms with E-state index in [0.29, 0.717) is 46.3 Å². The topological polar surface area (TPSA) is 121 Å². The number of anilines is 3. The molecule has 3 aromatic carbocycles. The number of nitro groups is 1. The Morgan fingerprint density at radius 3 is 2.18 bits per heavy atom. The molecule has 0 fully saturated rings. The summed E-state index contributed by atoms with van der Waals surface area (Å²) in [4.78, 5) is 23.8. The molecule has 0 unspecified atom stereocenters. The van der Waals surface area contributed by atoms with Gasteiger partial charge >= 0.3 is 5.69 Å². The minimum Gasteiger partial charge on any atom is -0.493 e. The number of fused-ring (bicyclic) bond motifs is 2. The zero-order chi connectivity index (χ0) is 27.4. The van der Waals surface area contributed by atoms with Crippen LogP contribution in [0.5, 0.6) is 17.2 Å². The number of amides is 1. The summed E-state index contributed by atoms with van der Waals surface area (Å²) in [6.45, 7) is 7.56. The van der Waals surface area contributed by atoms with Gasteiger partial charge in [-0.1, -0.05) is 25.7 Å². The molecule has 1 aliphatic heterocycles. The molecule has 38 heavy (non-hydrogen) atoms. The summed E-state index contributed by atoms with van der Waals surface area (Å²) in [7, 11) is 1.72. The number of ether oxygens (including phenoxy) is 4. The van der Waals surface area contributed by atoms with Gasteiger partial charge in [-0.3, -0.25) is 14.9 Å². The van der Waals surface area contributed by atoms with E-state index in [1.54, 1.807) is 36.4 Å². The van der Waals surface area contributed by atoms with Crippen molar-refractivity contribution in [2.75, 3.05) is 38.3 Å². The van der Waals surface area contributed by atoms with E-state index < -0.39 is 13.0 Å². The van der Waals surface area contributed by atoms with Crippen molar-refractivity contribution in [2.45, 2.75) is 25.7 Å². The monoisotopic (exact) mass is 537 g/mol. The summed E-state index contributed by atoms with van der Waals surface area (Å²) >= 11 is 0. The number of methoxy groups -OCH3 is 2. The first kappa shape index (κ1) is 27.0. The molecule has 2 N–H and O–H groups in total. The van der Waals surface area contributed by atoms with Gasteiger partial charge in [-0.05, 0) is 41.4 Å². The van der Waals surface area contributed by atoms with Crippen LogP contribution >= 0.6 is 0 Å². The quantitative estimate of drug-likeness (QED) is 0.102. The van der Waals surface area contributed by atoms with Crippen molar-refractivity contribution in [1.82, 2.24) is 0 Å². The molecule has 0 atom stereocenters. The van der Waals surface area contributed by atoms with Crippen LogP contribution in [0, 0.1) is 10.1 Å². The summed E-state index contributed by atoms with van der Waals surface area (Å²) in [6, 6.07) is 14.4. The molecule has 11 heteroatoms. The maximum atomic E-state index is 13.0. The standard InChI is InChI=1S/C27H31N3O7Si/c1-34-24-13-18(7-9-23(24)30(32)33)17-6-8-19-20(12-17)28-21-15-26(37-16-36-10-11-38(3,4)5)25(35-2)14-22(21)29-27(19)31/h6-9,12-15,28H,10-11,16H2,1-5H3,(H,29,31). The van der Waals surface area contributed by atoms with E-state index in [0.717, 1.165) is 11.6 Å². The lowest BCUT2D eigenvalue weighted by Crippen LogP contribution is -2.22. The van der Waals surface area contributed by atoms with Gasteiger partial charge in [-0.2, -0.15) is 0 Å². The Morgan fingerprint density at radius 1 is 0.842 bits per heavy atom. The van der Waals surface area contributed by atoms with Crippen LogP contribution in [0.15, 0.2) is 48.5 Å². The van der Waals surface area contributed by atoms with Crippen molar-refractivity contribution in [3.63, 3.8) is 0 Å². The predicted molar refractivity (Wildman–Crippen MR) is 149 cm³/mol. The van der Waals surface area contributed by atoms with Crippen molar-refractivity contribution in [3.05, 3.63) is 64.2 Å². The summed E-state index contributed by atoms with van der Waals surface area (Å²) in [5.74, 6) is 0.800. The molecule has 0 aliphatic carbocycles. The molecule has 0 spiro atoms. The number of carbonyl (C=O) groups excluding carboxylic acids is 1. The van der Waals surface area contributed by atoms with Gasteiger partial charge in [0.25, 0.3) is 5.91 Å². The highest BCUT2D eigenvalue weighted by atomic mass is 28.3. The fourth-order valence-electron chi connectivity index (χ4n) is 3.95. The minimum absolute atomic E-state index is 0.0781. The summed E-state index contributed by atoms with van der Waals surface area (Å²) < 4.78 is 22.2. The van der Waals surface area contributed by atoms with Crippen molar-refractivity contribution < 1.29 is 28.7 Å². The molecule has 0 bridgehead atoms. The van der Waals surface area contributed by atoms with Crippen LogP contribution < -0.4 is 24.8 Å². The van der Waals surface area contributed by atoms with Crippen LogP contribution in [-0.4, -0.2) is 46.5 Å². The summed E-state index contributed by atoms with van der Waals surface area (Å²) in [5.41, 5.74) is 3.50. The van der Waals surface area contributed by atoms with Gasteiger partial charge in [0, 0.05) is 32.9 Å². The second-order valence-corrected chi connectivity index (χ2v) is 15.6. The Morgan fingerprint density at radius 2 is 1.50 bits per heavy atom. The molecular formula is C27H31N3O7Si. The highest BCUT2D eigenvalue weighted by molar-refractivity contribution is 6.76. The van der Waals surface area contributed by atoms with Gasteiger partial charge in [0.2, 0.25) is 0 Å². The van der Waals surface area contributed by atoms with E-state index in [2.05, 4.69) is 30.3 Å². The van der Waals surface area contributed by atoms with Crippen LogP contribution in [-0.2, 0) is 4.74 Å². The molecule has 0 saturated carbocycles. The van der Waals surface area contributed by atoms with Crippen LogP contribution in [0.25, 0.3) is 11.1 Å². The fraction of sp³-hybridized carbons (Fsp3) is 0.296. The van der Waals surface area contributed by atoms with Crippen LogP contribution in [0.1, 0.15) is 10.4 Å². The summed E-state index contributed by atoms with van der Waals surface area (Å²) in [6.07, 6.45) is 0. The molecule has 0 aromatic heterocycles. The molecule has 1 amide bonds. The highest BCUT2D eigenvalue weighted by Crippen LogP contribution is 2.42. The third-order valence-electron chi connectivity index (χ3n) is 6.09. The average Bonchev–Trinajstić information content (AvgIpc) is 3.01. The van der Waals surface area contributed by atoms with E-state index in [-0.39, 0.29) is 24.1 Å². The fourth-order valence-corrected chi connectivity index (χ4v) is 4.71. The lowest BCUT2D eigenvalue weighted by Gasteiger charge is -2.17. The van der Waals surface area contributed by atoms with Crippen molar-refractivity contribution in [2.24, 2.45) is 0 Å². The number of nitro benzene ring substituents is 1. The van der Waals surface area contributed by atoms with E-state index in [9.17, 15) is 14.9 Å². The van der Waals surface area contributed by atoms with E-state index in [1.807, 2.05) is 6.07 Å². The average molecular weight is 538 g/mol. The second-order valence-electron chi connectivity index (χ2n) is 10.0. The van der Waals surface area contributed by atoms with Crippen LogP contribution in [0.3, 0.4) is 0 Å². The third-order valence-corrected chi connectivity index (χ3v) is 7.79. The first-order valence-corrected chi connectivity index (χ1v) is 15.8. The van der Waals surface area contributed by atoms with Gasteiger partial charge in [0.05, 0.1) is 41.8 Å². The highest BCUT2D eigenvalue weighted by Gasteiger charge is 2.23. The Bertz CT molecular complexity index is 1370. The van der Waals surface area contributed by atoms with Gasteiger partial charge in [0.15, 0.2) is 24.0 Å². The Balaban J connectivity index is 1.61. The molecule has 0 radical (unpaired) electrons. The number of hydrogen-bond donors (Lipinski definition) is 2. The van der Waals surface area contributed by atoms with Gasteiger partial charge < -0.3 is 29.6 Å². The lowest BCUT2D eigenvalue weighted by atomic mass is 10.0. The number of nitrogens with one attached hydrogen (secondary N) is 2. The molecule has 1 heterocycles. The number of nitrogens with zero attached hydrogens (tertiary/aromatic N) is 1. The Hall–Kier alpha value is -4.09. The molecule has 4 rings (SSSR count). The molecule has 200 valence electrons. The van der Waals surface area contributed by atoms with Gasteiger partial charge in [0.1, 0.15) is 0 Å². The van der Waals surface area contributed by atoms with E-state index >= 15 is 0 Å².